The number of ether oxygens (including phenoxy) is 2. The van der Waals surface area contributed by atoms with Crippen LogP contribution in [0, 0.1) is 0 Å². The van der Waals surface area contributed by atoms with Gasteiger partial charge in [-0.05, 0) is 42.0 Å². The minimum Gasteiger partial charge on any atom is -0.497 e. The highest BCUT2D eigenvalue weighted by Crippen LogP contribution is 2.21. The molecule has 3 rings (SSSR count). The Morgan fingerprint density at radius 1 is 0.889 bits per heavy atom. The largest absolute Gasteiger partial charge is 0.497 e. The first-order valence-electron chi connectivity index (χ1n) is 8.26. The quantitative estimate of drug-likeness (QED) is 0.298. The number of guanidine groups is 1. The number of hydrogen-bond acceptors (Lipinski definition) is 3. The number of halogens is 1. The third-order valence-electron chi connectivity index (χ3n) is 3.68. The summed E-state index contributed by atoms with van der Waals surface area (Å²) in [6.07, 6.45) is 0. The predicted molar refractivity (Wildman–Crippen MR) is 120 cm³/mol. The number of anilines is 1. The van der Waals surface area contributed by atoms with Crippen molar-refractivity contribution in [3.05, 3.63) is 84.4 Å². The average Bonchev–Trinajstić information content (AvgIpc) is 2.68. The first kappa shape index (κ1) is 20.6. The van der Waals surface area contributed by atoms with Crippen molar-refractivity contribution >= 4 is 35.6 Å². The fourth-order valence-corrected chi connectivity index (χ4v) is 2.35. The highest BCUT2D eigenvalue weighted by molar-refractivity contribution is 14.0. The summed E-state index contributed by atoms with van der Waals surface area (Å²) in [7, 11) is 1.63. The van der Waals surface area contributed by atoms with Gasteiger partial charge < -0.3 is 20.5 Å². The predicted octanol–water partition coefficient (Wildman–Crippen LogP) is 5.03. The van der Waals surface area contributed by atoms with Crippen LogP contribution in [0.15, 0.2) is 83.9 Å². The Bertz CT molecular complexity index is 868. The second kappa shape index (κ2) is 10.4. The third kappa shape index (κ3) is 6.49. The smallest absolute Gasteiger partial charge is 0.193 e. The summed E-state index contributed by atoms with van der Waals surface area (Å²) < 4.78 is 11.0. The van der Waals surface area contributed by atoms with Gasteiger partial charge in [0.15, 0.2) is 5.96 Å². The van der Waals surface area contributed by atoms with Gasteiger partial charge in [0.2, 0.25) is 0 Å². The number of para-hydroxylation sites is 1. The molecule has 0 fully saturated rings. The van der Waals surface area contributed by atoms with Gasteiger partial charge in [-0.15, -0.1) is 24.0 Å². The Kier molecular flexibility index (Phi) is 7.94. The van der Waals surface area contributed by atoms with Crippen molar-refractivity contribution < 1.29 is 9.47 Å². The number of nitrogens with one attached hydrogen (secondary N) is 1. The van der Waals surface area contributed by atoms with Gasteiger partial charge in [0.05, 0.1) is 13.7 Å². The molecule has 0 unspecified atom stereocenters. The maximum Gasteiger partial charge on any atom is 0.193 e. The van der Waals surface area contributed by atoms with Crippen LogP contribution in [0.1, 0.15) is 5.56 Å². The Morgan fingerprint density at radius 3 is 2.26 bits per heavy atom. The zero-order chi connectivity index (χ0) is 18.2. The van der Waals surface area contributed by atoms with E-state index in [1.165, 1.54) is 0 Å². The number of hydrogen-bond donors (Lipinski definition) is 2. The Labute approximate surface area is 176 Å². The lowest BCUT2D eigenvalue weighted by atomic mass is 10.2. The summed E-state index contributed by atoms with van der Waals surface area (Å²) in [6, 6.07) is 25.0. The summed E-state index contributed by atoms with van der Waals surface area (Å²) in [4.78, 5) is 4.36. The highest BCUT2D eigenvalue weighted by Gasteiger charge is 2.00. The highest BCUT2D eigenvalue weighted by atomic mass is 127. The fourth-order valence-electron chi connectivity index (χ4n) is 2.35. The van der Waals surface area contributed by atoms with Crippen LogP contribution >= 0.6 is 24.0 Å². The van der Waals surface area contributed by atoms with Crippen LogP contribution in [0.2, 0.25) is 0 Å². The maximum atomic E-state index is 5.95. The zero-order valence-corrected chi connectivity index (χ0v) is 17.3. The molecule has 3 aromatic rings. The van der Waals surface area contributed by atoms with E-state index in [1.807, 2.05) is 78.9 Å². The lowest BCUT2D eigenvalue weighted by molar-refractivity contribution is 0.415. The molecule has 0 amide bonds. The van der Waals surface area contributed by atoms with Crippen molar-refractivity contribution in [1.29, 1.82) is 0 Å². The molecule has 3 N–H and O–H groups in total. The SMILES string of the molecule is COc1cccc(NC(N)=NCc2ccc(Oc3ccccc3)cc2)c1.I. The van der Waals surface area contributed by atoms with Crippen LogP contribution in [0.25, 0.3) is 0 Å². The summed E-state index contributed by atoms with van der Waals surface area (Å²) in [5.74, 6) is 2.70. The van der Waals surface area contributed by atoms with Gasteiger partial charge in [0.1, 0.15) is 17.2 Å². The minimum absolute atomic E-state index is 0. The van der Waals surface area contributed by atoms with Gasteiger partial charge >= 0.3 is 0 Å². The van der Waals surface area contributed by atoms with Crippen molar-refractivity contribution in [3.63, 3.8) is 0 Å². The molecular formula is C21H22IN3O2. The van der Waals surface area contributed by atoms with Gasteiger partial charge in [0.25, 0.3) is 0 Å². The molecule has 0 atom stereocenters. The molecule has 27 heavy (non-hydrogen) atoms. The molecule has 0 aliphatic rings. The lowest BCUT2D eigenvalue weighted by Gasteiger charge is -2.08. The molecular weight excluding hydrogens is 453 g/mol. The van der Waals surface area contributed by atoms with Gasteiger partial charge in [0, 0.05) is 11.8 Å². The molecule has 0 aliphatic heterocycles. The van der Waals surface area contributed by atoms with Gasteiger partial charge in [-0.25, -0.2) is 4.99 Å². The number of nitrogens with two attached hydrogens (primary N) is 1. The average molecular weight is 475 g/mol. The van der Waals surface area contributed by atoms with Crippen LogP contribution in [0.3, 0.4) is 0 Å². The van der Waals surface area contributed by atoms with Crippen LogP contribution in [-0.4, -0.2) is 13.1 Å². The van der Waals surface area contributed by atoms with Crippen molar-refractivity contribution in [2.24, 2.45) is 10.7 Å². The van der Waals surface area contributed by atoms with E-state index in [1.54, 1.807) is 7.11 Å². The second-order valence-electron chi connectivity index (χ2n) is 5.62. The first-order chi connectivity index (χ1) is 12.7. The zero-order valence-electron chi connectivity index (χ0n) is 15.0. The first-order valence-corrected chi connectivity index (χ1v) is 8.26. The molecule has 5 nitrogen and oxygen atoms in total. The Hall–Kier alpha value is -2.74. The number of nitrogens with zero attached hydrogens (tertiary/aromatic N) is 1. The topological polar surface area (TPSA) is 68.9 Å². The molecule has 0 aliphatic carbocycles. The molecule has 0 aromatic heterocycles. The van der Waals surface area contributed by atoms with Crippen molar-refractivity contribution in [3.8, 4) is 17.2 Å². The molecule has 0 spiro atoms. The molecule has 0 saturated heterocycles. The molecule has 0 saturated carbocycles. The van der Waals surface area contributed by atoms with E-state index in [0.717, 1.165) is 28.5 Å². The van der Waals surface area contributed by atoms with E-state index in [-0.39, 0.29) is 24.0 Å². The van der Waals surface area contributed by atoms with Crippen molar-refractivity contribution in [2.75, 3.05) is 12.4 Å². The number of rotatable bonds is 6. The standard InChI is InChI=1S/C21H21N3O2.HI/c1-25-20-9-5-6-17(14-20)24-21(22)23-15-16-10-12-19(13-11-16)26-18-7-3-2-4-8-18;/h2-14H,15H2,1H3,(H3,22,23,24);1H. The van der Waals surface area contributed by atoms with Crippen molar-refractivity contribution in [2.45, 2.75) is 6.54 Å². The fraction of sp³-hybridized carbons (Fsp3) is 0.0952. The van der Waals surface area contributed by atoms with E-state index in [0.29, 0.717) is 12.5 Å². The van der Waals surface area contributed by atoms with Gasteiger partial charge in [-0.3, -0.25) is 0 Å². The number of aliphatic imine (C=N–C) groups is 1. The minimum atomic E-state index is 0. The van der Waals surface area contributed by atoms with Gasteiger partial charge in [-0.2, -0.15) is 0 Å². The van der Waals surface area contributed by atoms with Crippen LogP contribution < -0.4 is 20.5 Å². The van der Waals surface area contributed by atoms with E-state index in [4.69, 9.17) is 15.2 Å². The van der Waals surface area contributed by atoms with Crippen LogP contribution in [0.4, 0.5) is 5.69 Å². The Morgan fingerprint density at radius 2 is 1.56 bits per heavy atom. The normalized spacial score (nSPS) is 10.6. The van der Waals surface area contributed by atoms with E-state index < -0.39 is 0 Å². The summed E-state index contributed by atoms with van der Waals surface area (Å²) in [5.41, 5.74) is 7.82. The molecule has 0 heterocycles. The van der Waals surface area contributed by atoms with Crippen LogP contribution in [-0.2, 0) is 6.54 Å². The van der Waals surface area contributed by atoms with Gasteiger partial charge in [-0.1, -0.05) is 36.4 Å². The molecule has 6 heteroatoms. The van der Waals surface area contributed by atoms with Crippen LogP contribution in [0.5, 0.6) is 17.2 Å². The molecule has 3 aromatic carbocycles. The van der Waals surface area contributed by atoms with E-state index in [2.05, 4.69) is 10.3 Å². The Balaban J connectivity index is 0.00000261. The maximum absolute atomic E-state index is 5.95. The monoisotopic (exact) mass is 475 g/mol. The molecule has 0 radical (unpaired) electrons. The summed E-state index contributed by atoms with van der Waals surface area (Å²) in [5, 5.41) is 3.05. The lowest BCUT2D eigenvalue weighted by Crippen LogP contribution is -2.22. The second-order valence-corrected chi connectivity index (χ2v) is 5.62. The van der Waals surface area contributed by atoms with E-state index in [9.17, 15) is 0 Å². The van der Waals surface area contributed by atoms with Crippen molar-refractivity contribution in [1.82, 2.24) is 0 Å². The number of methoxy groups -OCH3 is 1. The van der Waals surface area contributed by atoms with E-state index >= 15 is 0 Å². The molecule has 0 bridgehead atoms. The third-order valence-corrected chi connectivity index (χ3v) is 3.68. The summed E-state index contributed by atoms with van der Waals surface area (Å²) >= 11 is 0. The summed E-state index contributed by atoms with van der Waals surface area (Å²) in [6.45, 7) is 0.481. The number of benzene rings is 3. The molecule has 140 valence electrons.